The standard InChI is InChI=1S/C24H19N3O4/c1-31-22-19(23(28)27-21(24(29)30)18-13-7-8-14-25-18)16-11-5-6-12-17(16)26-20(22)15-9-3-2-4-10-15/h2-14,21H,1H3,(H,27,28)(H,29,30). The number of fused-ring (bicyclic) bond motifs is 1. The first-order valence-electron chi connectivity index (χ1n) is 9.57. The van der Waals surface area contributed by atoms with Crippen LogP contribution in [0.5, 0.6) is 5.75 Å². The summed E-state index contributed by atoms with van der Waals surface area (Å²) in [5, 5.41) is 12.8. The highest BCUT2D eigenvalue weighted by Crippen LogP contribution is 2.36. The third-order valence-electron chi connectivity index (χ3n) is 4.83. The zero-order chi connectivity index (χ0) is 21.8. The lowest BCUT2D eigenvalue weighted by molar-refractivity contribution is -0.139. The van der Waals surface area contributed by atoms with Crippen molar-refractivity contribution in [3.63, 3.8) is 0 Å². The summed E-state index contributed by atoms with van der Waals surface area (Å²) in [7, 11) is 1.46. The second-order valence-corrected chi connectivity index (χ2v) is 6.75. The Kier molecular flexibility index (Phi) is 5.57. The number of para-hydroxylation sites is 1. The van der Waals surface area contributed by atoms with E-state index in [2.05, 4.69) is 10.3 Å². The average molecular weight is 413 g/mol. The van der Waals surface area contributed by atoms with Gasteiger partial charge in [0.2, 0.25) is 0 Å². The van der Waals surface area contributed by atoms with Gasteiger partial charge in [0.15, 0.2) is 11.8 Å². The van der Waals surface area contributed by atoms with Gasteiger partial charge in [0.05, 0.1) is 23.9 Å². The number of hydrogen-bond acceptors (Lipinski definition) is 5. The number of carboxylic acid groups (broad SMARTS) is 1. The fraction of sp³-hybridized carbons (Fsp3) is 0.0833. The van der Waals surface area contributed by atoms with E-state index in [-0.39, 0.29) is 17.0 Å². The Morgan fingerprint density at radius 3 is 2.35 bits per heavy atom. The molecule has 0 saturated carbocycles. The van der Waals surface area contributed by atoms with E-state index >= 15 is 0 Å². The summed E-state index contributed by atoms with van der Waals surface area (Å²) in [5.74, 6) is -1.54. The minimum atomic E-state index is -1.31. The maximum atomic E-state index is 13.4. The number of aliphatic carboxylic acids is 1. The number of amides is 1. The summed E-state index contributed by atoms with van der Waals surface area (Å²) in [5.41, 5.74) is 2.31. The number of benzene rings is 2. The number of methoxy groups -OCH3 is 1. The van der Waals surface area contributed by atoms with E-state index in [1.54, 1.807) is 36.4 Å². The predicted molar refractivity (Wildman–Crippen MR) is 116 cm³/mol. The fourth-order valence-corrected chi connectivity index (χ4v) is 3.42. The van der Waals surface area contributed by atoms with Crippen LogP contribution in [0, 0.1) is 0 Å². The highest BCUT2D eigenvalue weighted by Gasteiger charge is 2.28. The predicted octanol–water partition coefficient (Wildman–Crippen LogP) is 3.86. The molecule has 0 spiro atoms. The van der Waals surface area contributed by atoms with Crippen LogP contribution in [0.4, 0.5) is 0 Å². The highest BCUT2D eigenvalue weighted by atomic mass is 16.5. The summed E-state index contributed by atoms with van der Waals surface area (Å²) < 4.78 is 5.62. The van der Waals surface area contributed by atoms with Gasteiger partial charge in [-0.1, -0.05) is 54.6 Å². The van der Waals surface area contributed by atoms with Crippen molar-refractivity contribution in [3.05, 3.63) is 90.3 Å². The van der Waals surface area contributed by atoms with Crippen molar-refractivity contribution < 1.29 is 19.4 Å². The van der Waals surface area contributed by atoms with E-state index in [1.165, 1.54) is 13.3 Å². The molecule has 0 radical (unpaired) electrons. The van der Waals surface area contributed by atoms with Crippen LogP contribution < -0.4 is 10.1 Å². The molecule has 7 heteroatoms. The summed E-state index contributed by atoms with van der Waals surface area (Å²) in [6.07, 6.45) is 1.48. The van der Waals surface area contributed by atoms with Gasteiger partial charge in [-0.2, -0.15) is 0 Å². The number of nitrogens with one attached hydrogen (secondary N) is 1. The van der Waals surface area contributed by atoms with Crippen LogP contribution in [-0.4, -0.2) is 34.1 Å². The van der Waals surface area contributed by atoms with E-state index in [0.717, 1.165) is 5.56 Å². The molecule has 31 heavy (non-hydrogen) atoms. The Morgan fingerprint density at radius 2 is 1.68 bits per heavy atom. The zero-order valence-electron chi connectivity index (χ0n) is 16.6. The summed E-state index contributed by atoms with van der Waals surface area (Å²) in [6.45, 7) is 0. The van der Waals surface area contributed by atoms with Crippen molar-refractivity contribution in [3.8, 4) is 17.0 Å². The largest absolute Gasteiger partial charge is 0.494 e. The molecule has 2 N–H and O–H groups in total. The van der Waals surface area contributed by atoms with Gasteiger partial charge in [-0.15, -0.1) is 0 Å². The Balaban J connectivity index is 1.87. The monoisotopic (exact) mass is 413 g/mol. The van der Waals surface area contributed by atoms with Crippen molar-refractivity contribution >= 4 is 22.8 Å². The van der Waals surface area contributed by atoms with Crippen molar-refractivity contribution in [2.24, 2.45) is 0 Å². The van der Waals surface area contributed by atoms with Crippen molar-refractivity contribution in [1.82, 2.24) is 15.3 Å². The van der Waals surface area contributed by atoms with Gasteiger partial charge in [-0.05, 0) is 18.2 Å². The third-order valence-corrected chi connectivity index (χ3v) is 4.83. The molecular weight excluding hydrogens is 394 g/mol. The van der Waals surface area contributed by atoms with Crippen LogP contribution >= 0.6 is 0 Å². The van der Waals surface area contributed by atoms with Crippen LogP contribution in [0.1, 0.15) is 22.1 Å². The molecule has 1 atom stereocenters. The maximum Gasteiger partial charge on any atom is 0.332 e. The number of carbonyl (C=O) groups is 2. The third kappa shape index (κ3) is 3.93. The molecule has 0 aliphatic carbocycles. The first-order valence-corrected chi connectivity index (χ1v) is 9.57. The average Bonchev–Trinajstić information content (AvgIpc) is 2.82. The van der Waals surface area contributed by atoms with E-state index in [4.69, 9.17) is 9.72 Å². The van der Waals surface area contributed by atoms with Crippen LogP contribution in [0.15, 0.2) is 79.0 Å². The van der Waals surface area contributed by atoms with E-state index in [9.17, 15) is 14.7 Å². The smallest absolute Gasteiger partial charge is 0.332 e. The number of carboxylic acids is 1. The number of aromatic nitrogens is 2. The molecule has 2 aromatic heterocycles. The molecule has 1 unspecified atom stereocenters. The Morgan fingerprint density at radius 1 is 0.968 bits per heavy atom. The Labute approximate surface area is 178 Å². The van der Waals surface area contributed by atoms with Gasteiger partial charge in [0.25, 0.3) is 5.91 Å². The van der Waals surface area contributed by atoms with Gasteiger partial charge in [0, 0.05) is 17.1 Å². The second-order valence-electron chi connectivity index (χ2n) is 6.75. The molecule has 7 nitrogen and oxygen atoms in total. The minimum Gasteiger partial charge on any atom is -0.494 e. The number of nitrogens with zero attached hydrogens (tertiary/aromatic N) is 2. The Bertz CT molecular complexity index is 1240. The number of rotatable bonds is 6. The number of carbonyl (C=O) groups excluding carboxylic acids is 1. The van der Waals surface area contributed by atoms with E-state index < -0.39 is 17.9 Å². The molecule has 0 bridgehead atoms. The lowest BCUT2D eigenvalue weighted by Crippen LogP contribution is -2.34. The molecule has 0 aliphatic rings. The van der Waals surface area contributed by atoms with Gasteiger partial charge < -0.3 is 15.2 Å². The molecule has 0 aliphatic heterocycles. The number of hydrogen-bond donors (Lipinski definition) is 2. The van der Waals surface area contributed by atoms with Gasteiger partial charge >= 0.3 is 5.97 Å². The SMILES string of the molecule is COc1c(-c2ccccc2)nc2ccccc2c1C(=O)NC(C(=O)O)c1ccccn1. The Hall–Kier alpha value is -4.26. The molecule has 0 saturated heterocycles. The van der Waals surface area contributed by atoms with Crippen molar-refractivity contribution in [1.29, 1.82) is 0 Å². The quantitative estimate of drug-likeness (QED) is 0.498. The number of ether oxygens (including phenoxy) is 1. The molecule has 2 heterocycles. The lowest BCUT2D eigenvalue weighted by atomic mass is 10.0. The summed E-state index contributed by atoms with van der Waals surface area (Å²) in [6, 6.07) is 20.1. The van der Waals surface area contributed by atoms with Gasteiger partial charge in [-0.3, -0.25) is 9.78 Å². The minimum absolute atomic E-state index is 0.217. The molecule has 154 valence electrons. The van der Waals surface area contributed by atoms with Crippen molar-refractivity contribution in [2.45, 2.75) is 6.04 Å². The molecule has 1 amide bonds. The van der Waals surface area contributed by atoms with Gasteiger partial charge in [0.1, 0.15) is 5.69 Å². The summed E-state index contributed by atoms with van der Waals surface area (Å²) in [4.78, 5) is 34.1. The van der Waals surface area contributed by atoms with Crippen LogP contribution in [0.2, 0.25) is 0 Å². The van der Waals surface area contributed by atoms with Crippen LogP contribution in [0.25, 0.3) is 22.2 Å². The van der Waals surface area contributed by atoms with Crippen LogP contribution in [-0.2, 0) is 4.79 Å². The fourth-order valence-electron chi connectivity index (χ4n) is 3.42. The molecule has 0 fully saturated rings. The van der Waals surface area contributed by atoms with Gasteiger partial charge in [-0.25, -0.2) is 9.78 Å². The highest BCUT2D eigenvalue weighted by molar-refractivity contribution is 6.11. The van der Waals surface area contributed by atoms with Crippen LogP contribution in [0.3, 0.4) is 0 Å². The normalized spacial score (nSPS) is 11.6. The lowest BCUT2D eigenvalue weighted by Gasteiger charge is -2.18. The number of pyridine rings is 2. The summed E-state index contributed by atoms with van der Waals surface area (Å²) >= 11 is 0. The molecule has 4 rings (SSSR count). The molecular formula is C24H19N3O4. The topological polar surface area (TPSA) is 101 Å². The maximum absolute atomic E-state index is 13.4. The second kappa shape index (κ2) is 8.62. The van der Waals surface area contributed by atoms with Crippen molar-refractivity contribution in [2.75, 3.05) is 7.11 Å². The molecule has 2 aromatic carbocycles. The van der Waals surface area contributed by atoms with E-state index in [0.29, 0.717) is 16.6 Å². The first kappa shape index (κ1) is 20.0. The first-order chi connectivity index (χ1) is 15.1. The van der Waals surface area contributed by atoms with E-state index in [1.807, 2.05) is 36.4 Å². The molecule has 4 aromatic rings. The zero-order valence-corrected chi connectivity index (χ0v) is 16.6.